The number of carbonyl (C=O) groups is 1. The minimum absolute atomic E-state index is 0.255. The van der Waals surface area contributed by atoms with Crippen LogP contribution in [0.5, 0.6) is 0 Å². The van der Waals surface area contributed by atoms with Crippen molar-refractivity contribution in [1.29, 1.82) is 0 Å². The molecule has 0 radical (unpaired) electrons. The van der Waals surface area contributed by atoms with Crippen molar-refractivity contribution in [3.05, 3.63) is 0 Å². The Balaban J connectivity index is 2.97. The predicted molar refractivity (Wildman–Crippen MR) is 94.0 cm³/mol. The molecular weight excluding hydrogens is 288 g/mol. The molecule has 20 heavy (non-hydrogen) atoms. The van der Waals surface area contributed by atoms with Crippen molar-refractivity contribution in [2.45, 2.75) is 94.5 Å². The largest absolute Gasteiger partial charge is 0.481 e. The SMILES string of the molecule is O=C(O)CCCCCCCCCCCCCCC(S)S. The highest BCUT2D eigenvalue weighted by molar-refractivity contribution is 7.99. The van der Waals surface area contributed by atoms with Gasteiger partial charge in [-0.15, -0.1) is 0 Å². The summed E-state index contributed by atoms with van der Waals surface area (Å²) in [4.78, 5) is 10.3. The minimum Gasteiger partial charge on any atom is -0.481 e. The van der Waals surface area contributed by atoms with Crippen LogP contribution in [0.15, 0.2) is 0 Å². The Morgan fingerprint density at radius 3 is 1.40 bits per heavy atom. The van der Waals surface area contributed by atoms with Gasteiger partial charge in [0.2, 0.25) is 0 Å². The van der Waals surface area contributed by atoms with E-state index in [1.54, 1.807) is 0 Å². The molecule has 0 aromatic rings. The zero-order chi connectivity index (χ0) is 15.1. The number of carboxylic acid groups (broad SMARTS) is 1. The van der Waals surface area contributed by atoms with Gasteiger partial charge in [-0.25, -0.2) is 0 Å². The fraction of sp³-hybridized carbons (Fsp3) is 0.938. The van der Waals surface area contributed by atoms with Gasteiger partial charge in [-0.2, -0.15) is 25.3 Å². The van der Waals surface area contributed by atoms with Crippen molar-refractivity contribution in [1.82, 2.24) is 0 Å². The third-order valence-electron chi connectivity index (χ3n) is 3.60. The zero-order valence-electron chi connectivity index (χ0n) is 12.7. The van der Waals surface area contributed by atoms with Crippen LogP contribution in [0.1, 0.15) is 89.9 Å². The molecule has 0 heterocycles. The average Bonchev–Trinajstić information content (AvgIpc) is 2.38. The molecule has 0 unspecified atom stereocenters. The van der Waals surface area contributed by atoms with Crippen LogP contribution in [0.3, 0.4) is 0 Å². The highest BCUT2D eigenvalue weighted by atomic mass is 32.2. The first-order valence-electron chi connectivity index (χ1n) is 8.21. The number of rotatable bonds is 15. The van der Waals surface area contributed by atoms with Crippen LogP contribution in [0.2, 0.25) is 0 Å². The molecule has 0 amide bonds. The summed E-state index contributed by atoms with van der Waals surface area (Å²) in [6, 6.07) is 0. The smallest absolute Gasteiger partial charge is 0.303 e. The van der Waals surface area contributed by atoms with Gasteiger partial charge >= 0.3 is 5.97 Å². The molecule has 0 fully saturated rings. The van der Waals surface area contributed by atoms with Crippen LogP contribution in [0.25, 0.3) is 0 Å². The number of carboxylic acids is 1. The van der Waals surface area contributed by atoms with E-state index in [0.717, 1.165) is 19.3 Å². The van der Waals surface area contributed by atoms with E-state index in [-0.39, 0.29) is 4.58 Å². The van der Waals surface area contributed by atoms with Crippen molar-refractivity contribution < 1.29 is 9.90 Å². The second-order valence-corrected chi connectivity index (χ2v) is 7.31. The van der Waals surface area contributed by atoms with Crippen LogP contribution in [-0.2, 0) is 4.79 Å². The van der Waals surface area contributed by atoms with E-state index in [9.17, 15) is 4.79 Å². The summed E-state index contributed by atoms with van der Waals surface area (Å²) in [5, 5.41) is 8.51. The summed E-state index contributed by atoms with van der Waals surface area (Å²) in [6.45, 7) is 0. The number of hydrogen-bond donors (Lipinski definition) is 3. The topological polar surface area (TPSA) is 37.3 Å². The van der Waals surface area contributed by atoms with Crippen molar-refractivity contribution in [2.24, 2.45) is 0 Å². The van der Waals surface area contributed by atoms with Gasteiger partial charge in [0.05, 0.1) is 0 Å². The normalized spacial score (nSPS) is 11.2. The molecule has 0 aliphatic heterocycles. The molecule has 0 saturated heterocycles. The van der Waals surface area contributed by atoms with E-state index >= 15 is 0 Å². The second-order valence-electron chi connectivity index (χ2n) is 5.66. The van der Waals surface area contributed by atoms with Crippen molar-refractivity contribution in [3.8, 4) is 0 Å². The molecule has 0 bridgehead atoms. The lowest BCUT2D eigenvalue weighted by molar-refractivity contribution is -0.137. The van der Waals surface area contributed by atoms with Crippen molar-refractivity contribution in [2.75, 3.05) is 0 Å². The molecule has 120 valence electrons. The van der Waals surface area contributed by atoms with E-state index in [4.69, 9.17) is 5.11 Å². The summed E-state index contributed by atoms with van der Waals surface area (Å²) in [6.07, 6.45) is 16.5. The van der Waals surface area contributed by atoms with E-state index in [1.165, 1.54) is 64.2 Å². The Hall–Kier alpha value is 0.170. The third kappa shape index (κ3) is 18.2. The monoisotopic (exact) mass is 320 g/mol. The molecule has 2 nitrogen and oxygen atoms in total. The molecule has 0 rings (SSSR count). The quantitative estimate of drug-likeness (QED) is 0.205. The lowest BCUT2D eigenvalue weighted by atomic mass is 10.0. The van der Waals surface area contributed by atoms with Crippen molar-refractivity contribution in [3.63, 3.8) is 0 Å². The predicted octanol–water partition coefficient (Wildman–Crippen LogP) is 5.72. The molecule has 0 aliphatic rings. The van der Waals surface area contributed by atoms with Gasteiger partial charge in [-0.1, -0.05) is 70.6 Å². The molecule has 0 spiro atoms. The van der Waals surface area contributed by atoms with E-state index < -0.39 is 5.97 Å². The van der Waals surface area contributed by atoms with Gasteiger partial charge in [-0.05, 0) is 12.8 Å². The zero-order valence-corrected chi connectivity index (χ0v) is 14.5. The molecule has 4 heteroatoms. The summed E-state index contributed by atoms with van der Waals surface area (Å²) in [5.41, 5.74) is 0. The first-order valence-corrected chi connectivity index (χ1v) is 9.24. The van der Waals surface area contributed by atoms with Crippen molar-refractivity contribution >= 4 is 31.2 Å². The van der Waals surface area contributed by atoms with Gasteiger partial charge in [0.15, 0.2) is 0 Å². The second kappa shape index (κ2) is 15.6. The van der Waals surface area contributed by atoms with Gasteiger partial charge in [0.25, 0.3) is 0 Å². The molecule has 0 atom stereocenters. The number of unbranched alkanes of at least 4 members (excludes halogenated alkanes) is 11. The van der Waals surface area contributed by atoms with Gasteiger partial charge in [0, 0.05) is 11.0 Å². The van der Waals surface area contributed by atoms with Crippen LogP contribution in [-0.4, -0.2) is 15.7 Å². The Kier molecular flexibility index (Phi) is 15.7. The standard InChI is InChI=1S/C16H32O2S2/c17-15(18)13-11-9-7-5-3-1-2-4-6-8-10-12-14-16(19)20/h16,19-20H,1-14H2,(H,17,18). The maximum atomic E-state index is 10.3. The Morgan fingerprint density at radius 2 is 1.05 bits per heavy atom. The van der Waals surface area contributed by atoms with E-state index in [2.05, 4.69) is 25.3 Å². The number of aliphatic carboxylic acids is 1. The van der Waals surface area contributed by atoms with Crippen LogP contribution in [0, 0.1) is 0 Å². The van der Waals surface area contributed by atoms with E-state index in [0.29, 0.717) is 6.42 Å². The van der Waals surface area contributed by atoms with Gasteiger partial charge in [0.1, 0.15) is 0 Å². The molecule has 0 aromatic carbocycles. The highest BCUT2D eigenvalue weighted by Crippen LogP contribution is 2.15. The maximum absolute atomic E-state index is 10.3. The van der Waals surface area contributed by atoms with Crippen LogP contribution in [0.4, 0.5) is 0 Å². The van der Waals surface area contributed by atoms with Crippen LogP contribution < -0.4 is 0 Å². The molecule has 0 aliphatic carbocycles. The fourth-order valence-electron chi connectivity index (χ4n) is 2.37. The van der Waals surface area contributed by atoms with Gasteiger partial charge < -0.3 is 5.11 Å². The number of thiol groups is 2. The molecule has 0 saturated carbocycles. The Labute approximate surface area is 135 Å². The first-order chi connectivity index (χ1) is 9.63. The summed E-state index contributed by atoms with van der Waals surface area (Å²) < 4.78 is 0.255. The lowest BCUT2D eigenvalue weighted by Gasteiger charge is -2.04. The fourth-order valence-corrected chi connectivity index (χ4v) is 2.74. The summed E-state index contributed by atoms with van der Waals surface area (Å²) in [5.74, 6) is -0.663. The van der Waals surface area contributed by atoms with E-state index in [1.807, 2.05) is 0 Å². The van der Waals surface area contributed by atoms with Gasteiger partial charge in [-0.3, -0.25) is 4.79 Å². The minimum atomic E-state index is -0.663. The molecule has 1 N–H and O–H groups in total. The Morgan fingerprint density at radius 1 is 0.700 bits per heavy atom. The summed E-state index contributed by atoms with van der Waals surface area (Å²) >= 11 is 8.51. The number of hydrogen-bond acceptors (Lipinski definition) is 3. The first kappa shape index (κ1) is 20.2. The molecular formula is C16H32O2S2. The Bertz CT molecular complexity index is 221. The third-order valence-corrected chi connectivity index (χ3v) is 4.12. The highest BCUT2D eigenvalue weighted by Gasteiger charge is 1.97. The average molecular weight is 321 g/mol. The summed E-state index contributed by atoms with van der Waals surface area (Å²) in [7, 11) is 0. The lowest BCUT2D eigenvalue weighted by Crippen LogP contribution is -1.93. The maximum Gasteiger partial charge on any atom is 0.303 e. The molecule has 0 aromatic heterocycles. The van der Waals surface area contributed by atoms with Crippen LogP contribution >= 0.6 is 25.3 Å².